The van der Waals surface area contributed by atoms with Crippen LogP contribution in [0.5, 0.6) is 0 Å². The molecule has 1 fully saturated rings. The van der Waals surface area contributed by atoms with Crippen LogP contribution in [-0.2, 0) is 4.79 Å². The van der Waals surface area contributed by atoms with Gasteiger partial charge in [0, 0.05) is 19.0 Å². The molecule has 1 aliphatic rings. The molecule has 0 aliphatic carbocycles. The standard InChI is InChI=1S/C11H21NO/c1-3-5-8-12-9-7-10(6-4-2)11(12)13/h10H,3-9H2,1-2H3. The van der Waals surface area contributed by atoms with Gasteiger partial charge >= 0.3 is 0 Å². The molecule has 13 heavy (non-hydrogen) atoms. The van der Waals surface area contributed by atoms with Crippen molar-refractivity contribution in [2.45, 2.75) is 46.0 Å². The largest absolute Gasteiger partial charge is 0.342 e. The minimum Gasteiger partial charge on any atom is -0.342 e. The molecule has 1 saturated heterocycles. The Balaban J connectivity index is 2.32. The van der Waals surface area contributed by atoms with Gasteiger partial charge in [-0.25, -0.2) is 0 Å². The Morgan fingerprint density at radius 1 is 1.38 bits per heavy atom. The Kier molecular flexibility index (Phi) is 4.26. The Morgan fingerprint density at radius 2 is 2.15 bits per heavy atom. The van der Waals surface area contributed by atoms with Crippen LogP contribution >= 0.6 is 0 Å². The highest BCUT2D eigenvalue weighted by molar-refractivity contribution is 5.80. The molecule has 0 aromatic carbocycles. The average Bonchev–Trinajstić information content (AvgIpc) is 2.46. The maximum atomic E-state index is 11.7. The fourth-order valence-electron chi connectivity index (χ4n) is 1.99. The third kappa shape index (κ3) is 2.71. The van der Waals surface area contributed by atoms with Gasteiger partial charge in [0.25, 0.3) is 0 Å². The van der Waals surface area contributed by atoms with E-state index in [1.165, 1.54) is 6.42 Å². The average molecular weight is 183 g/mol. The van der Waals surface area contributed by atoms with Gasteiger partial charge in [0.05, 0.1) is 0 Å². The number of carbonyl (C=O) groups excluding carboxylic acids is 1. The highest BCUT2D eigenvalue weighted by atomic mass is 16.2. The molecule has 2 heteroatoms. The van der Waals surface area contributed by atoms with E-state index >= 15 is 0 Å². The van der Waals surface area contributed by atoms with Gasteiger partial charge in [-0.2, -0.15) is 0 Å². The second-order valence-corrected chi connectivity index (χ2v) is 3.95. The quantitative estimate of drug-likeness (QED) is 0.641. The minimum absolute atomic E-state index is 0.349. The van der Waals surface area contributed by atoms with E-state index < -0.39 is 0 Å². The van der Waals surface area contributed by atoms with Crippen LogP contribution in [0.15, 0.2) is 0 Å². The van der Waals surface area contributed by atoms with E-state index in [9.17, 15) is 4.79 Å². The highest BCUT2D eigenvalue weighted by Gasteiger charge is 2.29. The summed E-state index contributed by atoms with van der Waals surface area (Å²) in [5.41, 5.74) is 0. The number of hydrogen-bond acceptors (Lipinski definition) is 1. The fourth-order valence-corrected chi connectivity index (χ4v) is 1.99. The predicted molar refractivity (Wildman–Crippen MR) is 54.5 cm³/mol. The molecule has 0 saturated carbocycles. The summed E-state index contributed by atoms with van der Waals surface area (Å²) in [5, 5.41) is 0. The van der Waals surface area contributed by atoms with Crippen molar-refractivity contribution < 1.29 is 4.79 Å². The number of hydrogen-bond donors (Lipinski definition) is 0. The van der Waals surface area contributed by atoms with Crippen molar-refractivity contribution >= 4 is 5.91 Å². The summed E-state index contributed by atoms with van der Waals surface area (Å²) in [6, 6.07) is 0. The van der Waals surface area contributed by atoms with E-state index in [4.69, 9.17) is 0 Å². The molecule has 0 aromatic heterocycles. The molecule has 76 valence electrons. The Morgan fingerprint density at radius 3 is 2.77 bits per heavy atom. The molecule has 0 aromatic rings. The SMILES string of the molecule is CCCCN1CCC(CCC)C1=O. The first kappa shape index (κ1) is 10.6. The van der Waals surface area contributed by atoms with Crippen LogP contribution in [0.3, 0.4) is 0 Å². The fraction of sp³-hybridized carbons (Fsp3) is 0.909. The van der Waals surface area contributed by atoms with Crippen LogP contribution in [0.1, 0.15) is 46.0 Å². The molecule has 0 radical (unpaired) electrons. The van der Waals surface area contributed by atoms with Gasteiger partial charge in [0.15, 0.2) is 0 Å². The zero-order valence-corrected chi connectivity index (χ0v) is 8.88. The highest BCUT2D eigenvalue weighted by Crippen LogP contribution is 2.22. The summed E-state index contributed by atoms with van der Waals surface area (Å²) in [7, 11) is 0. The summed E-state index contributed by atoms with van der Waals surface area (Å²) in [6.07, 6.45) is 5.66. The first-order valence-corrected chi connectivity index (χ1v) is 5.58. The smallest absolute Gasteiger partial charge is 0.225 e. The molecule has 1 unspecified atom stereocenters. The molecule has 1 rings (SSSR count). The first-order chi connectivity index (χ1) is 6.29. The monoisotopic (exact) mass is 183 g/mol. The lowest BCUT2D eigenvalue weighted by Crippen LogP contribution is -2.28. The van der Waals surface area contributed by atoms with Crippen molar-refractivity contribution in [2.75, 3.05) is 13.1 Å². The second kappa shape index (κ2) is 5.25. The summed E-state index contributed by atoms with van der Waals surface area (Å²) < 4.78 is 0. The van der Waals surface area contributed by atoms with Crippen molar-refractivity contribution in [3.63, 3.8) is 0 Å². The number of carbonyl (C=O) groups is 1. The number of rotatable bonds is 5. The molecular weight excluding hydrogens is 162 g/mol. The van der Waals surface area contributed by atoms with Crippen molar-refractivity contribution in [1.82, 2.24) is 4.90 Å². The van der Waals surface area contributed by atoms with Gasteiger partial charge in [0.2, 0.25) is 5.91 Å². The van der Waals surface area contributed by atoms with Gasteiger partial charge in [0.1, 0.15) is 0 Å². The van der Waals surface area contributed by atoms with Crippen molar-refractivity contribution in [3.05, 3.63) is 0 Å². The zero-order valence-electron chi connectivity index (χ0n) is 8.88. The van der Waals surface area contributed by atoms with E-state index in [1.54, 1.807) is 0 Å². The first-order valence-electron chi connectivity index (χ1n) is 5.58. The van der Waals surface area contributed by atoms with E-state index in [2.05, 4.69) is 13.8 Å². The van der Waals surface area contributed by atoms with Gasteiger partial charge in [-0.1, -0.05) is 26.7 Å². The van der Waals surface area contributed by atoms with Gasteiger partial charge in [-0.05, 0) is 19.3 Å². The minimum atomic E-state index is 0.349. The van der Waals surface area contributed by atoms with Crippen LogP contribution in [0.4, 0.5) is 0 Å². The molecule has 1 atom stereocenters. The molecule has 0 bridgehead atoms. The van der Waals surface area contributed by atoms with Gasteiger partial charge < -0.3 is 4.90 Å². The van der Waals surface area contributed by atoms with E-state index in [1.807, 2.05) is 4.90 Å². The van der Waals surface area contributed by atoms with E-state index in [0.717, 1.165) is 38.8 Å². The summed E-state index contributed by atoms with van der Waals surface area (Å²) in [5.74, 6) is 0.761. The Bertz CT molecular complexity index is 167. The molecule has 1 heterocycles. The van der Waals surface area contributed by atoms with E-state index in [0.29, 0.717) is 11.8 Å². The van der Waals surface area contributed by atoms with Gasteiger partial charge in [-0.3, -0.25) is 4.79 Å². The molecule has 0 spiro atoms. The zero-order chi connectivity index (χ0) is 9.68. The second-order valence-electron chi connectivity index (χ2n) is 3.95. The van der Waals surface area contributed by atoms with Crippen LogP contribution in [-0.4, -0.2) is 23.9 Å². The topological polar surface area (TPSA) is 20.3 Å². The normalized spacial score (nSPS) is 22.8. The number of amides is 1. The molecular formula is C11H21NO. The van der Waals surface area contributed by atoms with Crippen molar-refractivity contribution in [2.24, 2.45) is 5.92 Å². The lowest BCUT2D eigenvalue weighted by Gasteiger charge is -2.15. The third-order valence-corrected chi connectivity index (χ3v) is 2.83. The van der Waals surface area contributed by atoms with Crippen LogP contribution in [0, 0.1) is 5.92 Å². The summed E-state index contributed by atoms with van der Waals surface area (Å²) in [4.78, 5) is 13.8. The summed E-state index contributed by atoms with van der Waals surface area (Å²) >= 11 is 0. The summed E-state index contributed by atoms with van der Waals surface area (Å²) in [6.45, 7) is 6.31. The number of nitrogens with zero attached hydrogens (tertiary/aromatic N) is 1. The molecule has 0 N–H and O–H groups in total. The molecule has 1 amide bonds. The maximum Gasteiger partial charge on any atom is 0.225 e. The lowest BCUT2D eigenvalue weighted by atomic mass is 10.0. The van der Waals surface area contributed by atoms with Crippen LogP contribution in [0.2, 0.25) is 0 Å². The Hall–Kier alpha value is -0.530. The lowest BCUT2D eigenvalue weighted by molar-refractivity contribution is -0.131. The third-order valence-electron chi connectivity index (χ3n) is 2.83. The predicted octanol–water partition coefficient (Wildman–Crippen LogP) is 2.44. The number of likely N-dealkylation sites (tertiary alicyclic amines) is 1. The van der Waals surface area contributed by atoms with Crippen molar-refractivity contribution in [1.29, 1.82) is 0 Å². The molecule has 1 aliphatic heterocycles. The molecule has 2 nitrogen and oxygen atoms in total. The Labute approximate surface area is 81.3 Å². The van der Waals surface area contributed by atoms with Gasteiger partial charge in [-0.15, -0.1) is 0 Å². The maximum absolute atomic E-state index is 11.7. The van der Waals surface area contributed by atoms with Crippen LogP contribution in [0.25, 0.3) is 0 Å². The van der Waals surface area contributed by atoms with Crippen molar-refractivity contribution in [3.8, 4) is 0 Å². The number of unbranched alkanes of at least 4 members (excludes halogenated alkanes) is 1. The van der Waals surface area contributed by atoms with E-state index in [-0.39, 0.29) is 0 Å². The van der Waals surface area contributed by atoms with Crippen LogP contribution < -0.4 is 0 Å².